The van der Waals surface area contributed by atoms with Gasteiger partial charge in [0.1, 0.15) is 29.1 Å². The number of benzene rings is 1. The van der Waals surface area contributed by atoms with Crippen molar-refractivity contribution in [2.75, 3.05) is 7.11 Å². The van der Waals surface area contributed by atoms with Gasteiger partial charge in [0.2, 0.25) is 0 Å². The summed E-state index contributed by atoms with van der Waals surface area (Å²) < 4.78 is 33.8. The molecule has 0 bridgehead atoms. The van der Waals surface area contributed by atoms with E-state index in [1.807, 2.05) is 6.07 Å². The topological polar surface area (TPSA) is 50.8 Å². The van der Waals surface area contributed by atoms with Gasteiger partial charge in [-0.05, 0) is 13.0 Å². The lowest BCUT2D eigenvalue weighted by Crippen LogP contribution is -1.96. The second kappa shape index (κ2) is 4.69. The summed E-state index contributed by atoms with van der Waals surface area (Å²) in [6.07, 6.45) is 0. The lowest BCUT2D eigenvalue weighted by molar-refractivity contribution is 0.383. The maximum Gasteiger partial charge on any atom is 0.165 e. The van der Waals surface area contributed by atoms with E-state index >= 15 is 0 Å². The molecule has 1 heterocycles. The Bertz CT molecular complexity index is 686. The summed E-state index contributed by atoms with van der Waals surface area (Å²) in [6, 6.07) is 3.86. The van der Waals surface area contributed by atoms with Gasteiger partial charge < -0.3 is 9.30 Å². The molecule has 0 N–H and O–H groups in total. The number of ether oxygens (including phenoxy) is 1. The molecule has 0 aliphatic carbocycles. The predicted octanol–water partition coefficient (Wildman–Crippen LogP) is 2.55. The van der Waals surface area contributed by atoms with Gasteiger partial charge in [-0.1, -0.05) is 0 Å². The molecular weight excluding hydrogens is 252 g/mol. The summed E-state index contributed by atoms with van der Waals surface area (Å²) in [7, 11) is 2.89. The van der Waals surface area contributed by atoms with Crippen LogP contribution in [0.1, 0.15) is 11.5 Å². The van der Waals surface area contributed by atoms with Crippen molar-refractivity contribution in [3.05, 3.63) is 35.3 Å². The maximum absolute atomic E-state index is 14.0. The number of rotatable bonds is 2. The van der Waals surface area contributed by atoms with Gasteiger partial charge in [0.05, 0.1) is 7.11 Å². The highest BCUT2D eigenvalue weighted by atomic mass is 19.1. The number of hydrogen-bond acceptors (Lipinski definition) is 3. The van der Waals surface area contributed by atoms with E-state index in [-0.39, 0.29) is 22.7 Å². The molecule has 1 aromatic heterocycles. The summed E-state index contributed by atoms with van der Waals surface area (Å²) >= 11 is 0. The van der Waals surface area contributed by atoms with Gasteiger partial charge in [-0.3, -0.25) is 0 Å². The Morgan fingerprint density at radius 1 is 1.32 bits per heavy atom. The zero-order chi connectivity index (χ0) is 14.2. The van der Waals surface area contributed by atoms with Crippen molar-refractivity contribution >= 4 is 0 Å². The second-order valence-electron chi connectivity index (χ2n) is 3.99. The molecule has 0 amide bonds. The van der Waals surface area contributed by atoms with Crippen LogP contribution in [0.2, 0.25) is 0 Å². The van der Waals surface area contributed by atoms with E-state index in [1.165, 1.54) is 11.7 Å². The molecule has 4 nitrogen and oxygen atoms in total. The third-order valence-corrected chi connectivity index (χ3v) is 2.92. The molecule has 0 saturated carbocycles. The van der Waals surface area contributed by atoms with Gasteiger partial charge in [-0.15, -0.1) is 0 Å². The molecule has 0 aliphatic heterocycles. The van der Waals surface area contributed by atoms with Crippen molar-refractivity contribution in [2.45, 2.75) is 6.92 Å². The number of methoxy groups -OCH3 is 1. The molecule has 0 fully saturated rings. The molecule has 98 valence electrons. The fraction of sp³-hybridized carbons (Fsp3) is 0.231. The van der Waals surface area contributed by atoms with Gasteiger partial charge in [-0.2, -0.15) is 5.26 Å². The van der Waals surface area contributed by atoms with Crippen LogP contribution in [0.5, 0.6) is 5.75 Å². The maximum atomic E-state index is 14.0. The quantitative estimate of drug-likeness (QED) is 0.836. The van der Waals surface area contributed by atoms with Crippen LogP contribution in [0.4, 0.5) is 8.78 Å². The van der Waals surface area contributed by atoms with E-state index in [4.69, 9.17) is 10.00 Å². The van der Waals surface area contributed by atoms with Gasteiger partial charge >= 0.3 is 0 Å². The number of aromatic nitrogens is 2. The van der Waals surface area contributed by atoms with Crippen LogP contribution in [-0.4, -0.2) is 16.7 Å². The van der Waals surface area contributed by atoms with Crippen LogP contribution in [0.15, 0.2) is 12.1 Å². The zero-order valence-corrected chi connectivity index (χ0v) is 10.7. The highest BCUT2D eigenvalue weighted by Crippen LogP contribution is 2.30. The third-order valence-electron chi connectivity index (χ3n) is 2.92. The Morgan fingerprint density at radius 3 is 2.58 bits per heavy atom. The number of nitrogens with zero attached hydrogens (tertiary/aromatic N) is 3. The number of imidazole rings is 1. The Hall–Kier alpha value is -2.42. The fourth-order valence-corrected chi connectivity index (χ4v) is 1.79. The van der Waals surface area contributed by atoms with Crippen LogP contribution in [0.3, 0.4) is 0 Å². The lowest BCUT2D eigenvalue weighted by atomic mass is 10.1. The van der Waals surface area contributed by atoms with Crippen molar-refractivity contribution in [1.29, 1.82) is 5.26 Å². The van der Waals surface area contributed by atoms with Crippen molar-refractivity contribution in [3.63, 3.8) is 0 Å². The minimum absolute atomic E-state index is 0.0569. The molecule has 2 aromatic rings. The van der Waals surface area contributed by atoms with E-state index in [9.17, 15) is 8.78 Å². The average Bonchev–Trinajstić information content (AvgIpc) is 2.67. The van der Waals surface area contributed by atoms with E-state index in [1.54, 1.807) is 14.0 Å². The molecule has 0 unspecified atom stereocenters. The summed E-state index contributed by atoms with van der Waals surface area (Å²) in [6.45, 7) is 1.68. The minimum atomic E-state index is -0.703. The zero-order valence-electron chi connectivity index (χ0n) is 10.7. The summed E-state index contributed by atoms with van der Waals surface area (Å²) in [5.41, 5.74) is 0.251. The molecule has 0 radical (unpaired) electrons. The molecular formula is C13H11F2N3O. The van der Waals surface area contributed by atoms with E-state index in [2.05, 4.69) is 4.98 Å². The molecule has 0 spiro atoms. The van der Waals surface area contributed by atoms with Gasteiger partial charge in [0, 0.05) is 18.7 Å². The van der Waals surface area contributed by atoms with Crippen LogP contribution in [-0.2, 0) is 7.05 Å². The summed E-state index contributed by atoms with van der Waals surface area (Å²) in [5, 5.41) is 9.08. The lowest BCUT2D eigenvalue weighted by Gasteiger charge is -2.05. The molecule has 19 heavy (non-hydrogen) atoms. The van der Waals surface area contributed by atoms with Gasteiger partial charge in [-0.25, -0.2) is 13.8 Å². The second-order valence-corrected chi connectivity index (χ2v) is 3.99. The number of aryl methyl sites for hydroxylation is 1. The molecule has 0 aliphatic rings. The molecule has 1 aromatic carbocycles. The van der Waals surface area contributed by atoms with Crippen molar-refractivity contribution in [2.24, 2.45) is 7.05 Å². The number of hydrogen-bond donors (Lipinski definition) is 0. The SMILES string of the molecule is COc1cc(F)c(-c2nc(C)n(C)c2C#N)cc1F. The number of nitriles is 1. The molecule has 0 saturated heterocycles. The van der Waals surface area contributed by atoms with Crippen LogP contribution >= 0.6 is 0 Å². The van der Waals surface area contributed by atoms with Crippen molar-refractivity contribution < 1.29 is 13.5 Å². The Kier molecular flexibility index (Phi) is 3.21. The van der Waals surface area contributed by atoms with Crippen LogP contribution in [0.25, 0.3) is 11.3 Å². The number of halogens is 2. The molecule has 2 rings (SSSR count). The first-order valence-electron chi connectivity index (χ1n) is 5.46. The smallest absolute Gasteiger partial charge is 0.165 e. The third kappa shape index (κ3) is 2.03. The molecule has 6 heteroatoms. The fourth-order valence-electron chi connectivity index (χ4n) is 1.79. The van der Waals surface area contributed by atoms with Gasteiger partial charge in [0.15, 0.2) is 11.6 Å². The highest BCUT2D eigenvalue weighted by molar-refractivity contribution is 5.67. The van der Waals surface area contributed by atoms with Crippen molar-refractivity contribution in [1.82, 2.24) is 9.55 Å². The average molecular weight is 263 g/mol. The first-order valence-corrected chi connectivity index (χ1v) is 5.46. The van der Waals surface area contributed by atoms with E-state index in [0.29, 0.717) is 5.82 Å². The first kappa shape index (κ1) is 13.0. The normalized spacial score (nSPS) is 10.3. The highest BCUT2D eigenvalue weighted by Gasteiger charge is 2.19. The molecule has 0 atom stereocenters. The largest absolute Gasteiger partial charge is 0.494 e. The Morgan fingerprint density at radius 2 is 2.00 bits per heavy atom. The monoisotopic (exact) mass is 263 g/mol. The van der Waals surface area contributed by atoms with Gasteiger partial charge in [0.25, 0.3) is 0 Å². The van der Waals surface area contributed by atoms with Crippen molar-refractivity contribution in [3.8, 4) is 23.1 Å². The minimum Gasteiger partial charge on any atom is -0.494 e. The summed E-state index contributed by atoms with van der Waals surface area (Å²) in [5.74, 6) is -1.03. The van der Waals surface area contributed by atoms with E-state index < -0.39 is 11.6 Å². The first-order chi connectivity index (χ1) is 8.99. The Labute approximate surface area is 108 Å². The van der Waals surface area contributed by atoms with Crippen LogP contribution < -0.4 is 4.74 Å². The standard InChI is InChI=1S/C13H11F2N3O/c1-7-17-13(11(6-16)18(7)2)8-4-10(15)12(19-3)5-9(8)14/h4-5H,1-3H3. The predicted molar refractivity (Wildman–Crippen MR) is 64.6 cm³/mol. The van der Waals surface area contributed by atoms with Crippen LogP contribution in [0, 0.1) is 29.9 Å². The summed E-state index contributed by atoms with van der Waals surface area (Å²) in [4.78, 5) is 4.10. The Balaban J connectivity index is 2.70. The van der Waals surface area contributed by atoms with E-state index in [0.717, 1.165) is 12.1 Å².